The predicted molar refractivity (Wildman–Crippen MR) is 145 cm³/mol. The minimum atomic E-state index is -0.270. The molecule has 0 atom stereocenters. The standard InChI is InChI=1S/C30H25N3OS/c1-20(2)21-14-16-22(17-15-21)27-19-25(24-11-6-7-12-26(24)31-27)30(34)33-32-29(28-13-8-18-35-28)23-9-4-3-5-10-23/h3-20H,1-2H3,(H,33,34)/b32-29-. The number of fused-ring (bicyclic) bond motifs is 1. The zero-order valence-electron chi connectivity index (χ0n) is 19.6. The fraction of sp³-hybridized carbons (Fsp3) is 0.100. The van der Waals surface area contributed by atoms with Gasteiger partial charge in [0, 0.05) is 16.5 Å². The van der Waals surface area contributed by atoms with Gasteiger partial charge in [-0.15, -0.1) is 11.3 Å². The van der Waals surface area contributed by atoms with E-state index >= 15 is 0 Å². The summed E-state index contributed by atoms with van der Waals surface area (Å²) in [6.07, 6.45) is 0. The van der Waals surface area contributed by atoms with E-state index < -0.39 is 0 Å². The SMILES string of the molecule is CC(C)c1ccc(-c2cc(C(=O)N/N=C(/c3ccccc3)c3cccs3)c3ccccc3n2)cc1. The van der Waals surface area contributed by atoms with Crippen LogP contribution in [0.3, 0.4) is 0 Å². The number of amides is 1. The molecule has 1 N–H and O–H groups in total. The molecule has 4 nitrogen and oxygen atoms in total. The summed E-state index contributed by atoms with van der Waals surface area (Å²) in [7, 11) is 0. The maximum atomic E-state index is 13.4. The number of para-hydroxylation sites is 1. The van der Waals surface area contributed by atoms with Crippen LogP contribution >= 0.6 is 11.3 Å². The largest absolute Gasteiger partial charge is 0.272 e. The van der Waals surface area contributed by atoms with Crippen molar-refractivity contribution in [2.45, 2.75) is 19.8 Å². The second kappa shape index (κ2) is 10.0. The van der Waals surface area contributed by atoms with Crippen molar-refractivity contribution in [2.24, 2.45) is 5.10 Å². The van der Waals surface area contributed by atoms with Crippen LogP contribution < -0.4 is 5.43 Å². The molecular formula is C30H25N3OS. The number of nitrogens with zero attached hydrogens (tertiary/aromatic N) is 2. The normalized spacial score (nSPS) is 11.7. The lowest BCUT2D eigenvalue weighted by Crippen LogP contribution is -2.21. The van der Waals surface area contributed by atoms with Crippen LogP contribution in [0.2, 0.25) is 0 Å². The number of pyridine rings is 1. The van der Waals surface area contributed by atoms with Crippen LogP contribution in [0.5, 0.6) is 0 Å². The summed E-state index contributed by atoms with van der Waals surface area (Å²) in [5.41, 5.74) is 8.80. The summed E-state index contributed by atoms with van der Waals surface area (Å²) in [5.74, 6) is 0.184. The van der Waals surface area contributed by atoms with Crippen molar-refractivity contribution in [3.05, 3.63) is 124 Å². The van der Waals surface area contributed by atoms with E-state index in [1.54, 1.807) is 11.3 Å². The van der Waals surface area contributed by atoms with Gasteiger partial charge in [0.25, 0.3) is 5.91 Å². The Balaban J connectivity index is 1.54. The third kappa shape index (κ3) is 4.91. The van der Waals surface area contributed by atoms with Gasteiger partial charge in [-0.25, -0.2) is 10.4 Å². The van der Waals surface area contributed by atoms with Crippen LogP contribution in [0, 0.1) is 0 Å². The van der Waals surface area contributed by atoms with Crippen molar-refractivity contribution in [1.29, 1.82) is 0 Å². The lowest BCUT2D eigenvalue weighted by molar-refractivity contribution is 0.0956. The monoisotopic (exact) mass is 475 g/mol. The molecule has 2 aromatic heterocycles. The Morgan fingerprint density at radius 2 is 1.63 bits per heavy atom. The van der Waals surface area contributed by atoms with Gasteiger partial charge in [0.1, 0.15) is 5.71 Å². The highest BCUT2D eigenvalue weighted by molar-refractivity contribution is 7.12. The number of hydrazone groups is 1. The number of benzene rings is 3. The molecule has 5 aromatic rings. The van der Waals surface area contributed by atoms with Gasteiger partial charge >= 0.3 is 0 Å². The molecule has 35 heavy (non-hydrogen) atoms. The third-order valence-corrected chi connectivity index (χ3v) is 6.78. The van der Waals surface area contributed by atoms with Gasteiger partial charge in [0.05, 0.1) is 21.7 Å². The molecule has 5 rings (SSSR count). The quantitative estimate of drug-likeness (QED) is 0.207. The highest BCUT2D eigenvalue weighted by Gasteiger charge is 2.15. The van der Waals surface area contributed by atoms with Crippen molar-refractivity contribution < 1.29 is 4.79 Å². The van der Waals surface area contributed by atoms with E-state index in [-0.39, 0.29) is 5.91 Å². The van der Waals surface area contributed by atoms with E-state index in [0.29, 0.717) is 11.5 Å². The molecule has 0 aliphatic heterocycles. The number of aromatic nitrogens is 1. The molecule has 5 heteroatoms. The number of thiophene rings is 1. The number of carbonyl (C=O) groups is 1. The van der Waals surface area contributed by atoms with Crippen LogP contribution in [0.1, 0.15) is 46.1 Å². The molecule has 0 saturated heterocycles. The van der Waals surface area contributed by atoms with Crippen LogP contribution in [-0.4, -0.2) is 16.6 Å². The van der Waals surface area contributed by atoms with Crippen molar-refractivity contribution in [1.82, 2.24) is 10.4 Å². The van der Waals surface area contributed by atoms with Gasteiger partial charge in [-0.3, -0.25) is 4.79 Å². The number of nitrogens with one attached hydrogen (secondary N) is 1. The van der Waals surface area contributed by atoms with E-state index in [1.165, 1.54) is 5.56 Å². The molecule has 0 fully saturated rings. The van der Waals surface area contributed by atoms with Gasteiger partial charge < -0.3 is 0 Å². The maximum Gasteiger partial charge on any atom is 0.272 e. The summed E-state index contributed by atoms with van der Waals surface area (Å²) in [6.45, 7) is 4.35. The zero-order chi connectivity index (χ0) is 24.2. The Bertz CT molecular complexity index is 1490. The fourth-order valence-corrected chi connectivity index (χ4v) is 4.72. The van der Waals surface area contributed by atoms with Gasteiger partial charge in [0.2, 0.25) is 0 Å². The fourth-order valence-electron chi connectivity index (χ4n) is 3.99. The van der Waals surface area contributed by atoms with Crippen LogP contribution in [-0.2, 0) is 0 Å². The summed E-state index contributed by atoms with van der Waals surface area (Å²) in [5, 5.41) is 7.35. The molecule has 1 amide bonds. The topological polar surface area (TPSA) is 54.4 Å². The lowest BCUT2D eigenvalue weighted by atomic mass is 9.99. The Labute approximate surface area is 209 Å². The minimum absolute atomic E-state index is 0.270. The number of carbonyl (C=O) groups excluding carboxylic acids is 1. The highest BCUT2D eigenvalue weighted by atomic mass is 32.1. The summed E-state index contributed by atoms with van der Waals surface area (Å²) >= 11 is 1.59. The first-order valence-electron chi connectivity index (χ1n) is 11.6. The summed E-state index contributed by atoms with van der Waals surface area (Å²) in [4.78, 5) is 19.3. The molecule has 0 radical (unpaired) electrons. The van der Waals surface area contributed by atoms with E-state index in [9.17, 15) is 4.79 Å². The van der Waals surface area contributed by atoms with Gasteiger partial charge in [-0.05, 0) is 35.1 Å². The van der Waals surface area contributed by atoms with Crippen molar-refractivity contribution >= 4 is 33.9 Å². The average Bonchev–Trinajstić information content (AvgIpc) is 3.43. The maximum absolute atomic E-state index is 13.4. The third-order valence-electron chi connectivity index (χ3n) is 5.90. The van der Waals surface area contributed by atoms with Gasteiger partial charge in [-0.1, -0.05) is 92.7 Å². The smallest absolute Gasteiger partial charge is 0.267 e. The molecule has 0 aliphatic carbocycles. The van der Waals surface area contributed by atoms with Crippen LogP contribution in [0.15, 0.2) is 108 Å². The van der Waals surface area contributed by atoms with Crippen LogP contribution in [0.4, 0.5) is 0 Å². The molecule has 0 unspecified atom stereocenters. The number of hydrogen-bond donors (Lipinski definition) is 1. The second-order valence-corrected chi connectivity index (χ2v) is 9.54. The Hall–Kier alpha value is -4.09. The van der Waals surface area contributed by atoms with E-state index in [2.05, 4.69) is 48.6 Å². The van der Waals surface area contributed by atoms with Gasteiger partial charge in [-0.2, -0.15) is 5.10 Å². The predicted octanol–water partition coefficient (Wildman–Crippen LogP) is 7.27. The zero-order valence-corrected chi connectivity index (χ0v) is 20.4. The Morgan fingerprint density at radius 1 is 0.886 bits per heavy atom. The lowest BCUT2D eigenvalue weighted by Gasteiger charge is -2.11. The first kappa shape index (κ1) is 22.7. The molecule has 172 valence electrons. The Kier molecular flexibility index (Phi) is 6.51. The molecular weight excluding hydrogens is 450 g/mol. The van der Waals surface area contributed by atoms with Crippen LogP contribution in [0.25, 0.3) is 22.2 Å². The van der Waals surface area contributed by atoms with E-state index in [0.717, 1.165) is 38.3 Å². The van der Waals surface area contributed by atoms with Crippen molar-refractivity contribution in [3.8, 4) is 11.3 Å². The molecule has 2 heterocycles. The van der Waals surface area contributed by atoms with E-state index in [4.69, 9.17) is 4.98 Å². The highest BCUT2D eigenvalue weighted by Crippen LogP contribution is 2.26. The summed E-state index contributed by atoms with van der Waals surface area (Å²) in [6, 6.07) is 31.8. The molecule has 0 spiro atoms. The molecule has 3 aromatic carbocycles. The first-order chi connectivity index (χ1) is 17.1. The average molecular weight is 476 g/mol. The molecule has 0 aliphatic rings. The molecule has 0 bridgehead atoms. The second-order valence-electron chi connectivity index (χ2n) is 8.59. The number of hydrogen-bond acceptors (Lipinski definition) is 4. The Morgan fingerprint density at radius 3 is 2.34 bits per heavy atom. The molecule has 0 saturated carbocycles. The van der Waals surface area contributed by atoms with E-state index in [1.807, 2.05) is 78.2 Å². The van der Waals surface area contributed by atoms with Gasteiger partial charge in [0.15, 0.2) is 0 Å². The van der Waals surface area contributed by atoms with Crippen molar-refractivity contribution in [2.75, 3.05) is 0 Å². The minimum Gasteiger partial charge on any atom is -0.267 e. The number of rotatable bonds is 6. The first-order valence-corrected chi connectivity index (χ1v) is 12.5. The van der Waals surface area contributed by atoms with Crippen molar-refractivity contribution in [3.63, 3.8) is 0 Å². The summed E-state index contributed by atoms with van der Waals surface area (Å²) < 4.78 is 0.